The highest BCUT2D eigenvalue weighted by atomic mass is 16.5. The van der Waals surface area contributed by atoms with E-state index in [1.807, 2.05) is 0 Å². The molecule has 1 aromatic heterocycles. The smallest absolute Gasteiger partial charge is 0.356 e. The Morgan fingerprint density at radius 3 is 2.75 bits per heavy atom. The summed E-state index contributed by atoms with van der Waals surface area (Å²) in [6, 6.07) is 3.12. The summed E-state index contributed by atoms with van der Waals surface area (Å²) in [5.41, 5.74) is 5.74. The van der Waals surface area contributed by atoms with Gasteiger partial charge >= 0.3 is 5.97 Å². The molecule has 0 fully saturated rings. The first-order chi connectivity index (χ1) is 7.63. The van der Waals surface area contributed by atoms with E-state index in [9.17, 15) is 9.59 Å². The zero-order valence-electron chi connectivity index (χ0n) is 8.69. The SMILES string of the molecule is COC(=O)c1ccc(C#CCC(N)=O)cn1. The quantitative estimate of drug-likeness (QED) is 0.563. The lowest BCUT2D eigenvalue weighted by molar-refractivity contribution is -0.117. The van der Waals surface area contributed by atoms with Gasteiger partial charge in [-0.3, -0.25) is 4.79 Å². The summed E-state index contributed by atoms with van der Waals surface area (Å²) < 4.78 is 4.49. The van der Waals surface area contributed by atoms with Crippen LogP contribution in [0.1, 0.15) is 22.5 Å². The summed E-state index contributed by atoms with van der Waals surface area (Å²) in [6.07, 6.45) is 1.43. The summed E-state index contributed by atoms with van der Waals surface area (Å²) >= 11 is 0. The van der Waals surface area contributed by atoms with Gasteiger partial charge in [0.05, 0.1) is 13.5 Å². The van der Waals surface area contributed by atoms with Crippen molar-refractivity contribution in [3.05, 3.63) is 29.6 Å². The Morgan fingerprint density at radius 2 is 2.25 bits per heavy atom. The van der Waals surface area contributed by atoms with E-state index >= 15 is 0 Å². The molecule has 1 rings (SSSR count). The van der Waals surface area contributed by atoms with Crippen molar-refractivity contribution in [2.24, 2.45) is 5.73 Å². The van der Waals surface area contributed by atoms with E-state index in [0.717, 1.165) is 0 Å². The highest BCUT2D eigenvalue weighted by Crippen LogP contribution is 2.00. The zero-order valence-corrected chi connectivity index (χ0v) is 8.69. The van der Waals surface area contributed by atoms with Gasteiger partial charge in [0.25, 0.3) is 0 Å². The van der Waals surface area contributed by atoms with Gasteiger partial charge in [0.2, 0.25) is 5.91 Å². The molecule has 0 radical (unpaired) electrons. The van der Waals surface area contributed by atoms with E-state index < -0.39 is 11.9 Å². The van der Waals surface area contributed by atoms with Crippen LogP contribution in [0.4, 0.5) is 0 Å². The van der Waals surface area contributed by atoms with Gasteiger partial charge in [0.1, 0.15) is 5.69 Å². The first-order valence-electron chi connectivity index (χ1n) is 4.45. The van der Waals surface area contributed by atoms with Crippen molar-refractivity contribution >= 4 is 11.9 Å². The number of pyridine rings is 1. The van der Waals surface area contributed by atoms with E-state index in [4.69, 9.17) is 5.73 Å². The molecule has 0 bridgehead atoms. The third kappa shape index (κ3) is 3.42. The lowest BCUT2D eigenvalue weighted by atomic mass is 10.2. The second-order valence-electron chi connectivity index (χ2n) is 2.87. The van der Waals surface area contributed by atoms with Crippen LogP contribution in [0, 0.1) is 11.8 Å². The van der Waals surface area contributed by atoms with Gasteiger partial charge in [-0.2, -0.15) is 0 Å². The van der Waals surface area contributed by atoms with Gasteiger partial charge in [-0.15, -0.1) is 0 Å². The standard InChI is InChI=1S/C11H10N2O3/c1-16-11(15)9-6-5-8(7-13-9)3-2-4-10(12)14/h5-7H,4H2,1H3,(H2,12,14). The molecular formula is C11H10N2O3. The number of carbonyl (C=O) groups excluding carboxylic acids is 2. The molecule has 0 saturated heterocycles. The maximum atomic E-state index is 11.0. The predicted molar refractivity (Wildman–Crippen MR) is 56.3 cm³/mol. The molecule has 0 aliphatic rings. The Kier molecular flexibility index (Phi) is 4.04. The molecule has 0 aliphatic carbocycles. The fraction of sp³-hybridized carbons (Fsp3) is 0.182. The molecule has 16 heavy (non-hydrogen) atoms. The molecule has 2 N–H and O–H groups in total. The molecule has 0 aromatic carbocycles. The molecule has 1 aromatic rings. The largest absolute Gasteiger partial charge is 0.464 e. The third-order valence-electron chi connectivity index (χ3n) is 1.65. The van der Waals surface area contributed by atoms with Crippen molar-refractivity contribution in [3.8, 4) is 11.8 Å². The Morgan fingerprint density at radius 1 is 1.50 bits per heavy atom. The van der Waals surface area contributed by atoms with E-state index in [-0.39, 0.29) is 12.1 Å². The number of primary amides is 1. The Balaban J connectivity index is 2.74. The Hall–Kier alpha value is -2.35. The van der Waals surface area contributed by atoms with Gasteiger partial charge in [0, 0.05) is 11.8 Å². The van der Waals surface area contributed by atoms with Gasteiger partial charge in [-0.25, -0.2) is 9.78 Å². The highest BCUT2D eigenvalue weighted by molar-refractivity contribution is 5.87. The van der Waals surface area contributed by atoms with Gasteiger partial charge in [-0.1, -0.05) is 11.8 Å². The minimum absolute atomic E-state index is 0.00124. The molecule has 1 amide bonds. The van der Waals surface area contributed by atoms with Crippen LogP contribution in [0.25, 0.3) is 0 Å². The maximum absolute atomic E-state index is 11.0. The second kappa shape index (κ2) is 5.51. The van der Waals surface area contributed by atoms with Crippen LogP contribution in [0.3, 0.4) is 0 Å². The number of methoxy groups -OCH3 is 1. The number of hydrogen-bond acceptors (Lipinski definition) is 4. The van der Waals surface area contributed by atoms with Gasteiger partial charge in [0.15, 0.2) is 0 Å². The van der Waals surface area contributed by atoms with Crippen molar-refractivity contribution in [1.82, 2.24) is 4.98 Å². The molecule has 5 heteroatoms. The van der Waals surface area contributed by atoms with Crippen LogP contribution in [0.5, 0.6) is 0 Å². The van der Waals surface area contributed by atoms with Crippen LogP contribution >= 0.6 is 0 Å². The van der Waals surface area contributed by atoms with Gasteiger partial charge in [-0.05, 0) is 12.1 Å². The van der Waals surface area contributed by atoms with Crippen molar-refractivity contribution in [3.63, 3.8) is 0 Å². The van der Waals surface area contributed by atoms with Gasteiger partial charge < -0.3 is 10.5 Å². The average Bonchev–Trinajstić information content (AvgIpc) is 2.28. The summed E-state index contributed by atoms with van der Waals surface area (Å²) in [5, 5.41) is 0. The molecule has 82 valence electrons. The van der Waals surface area contributed by atoms with E-state index in [0.29, 0.717) is 5.56 Å². The number of esters is 1. The number of nitrogens with two attached hydrogens (primary N) is 1. The van der Waals surface area contributed by atoms with Crippen molar-refractivity contribution in [2.75, 3.05) is 7.11 Å². The molecule has 1 heterocycles. The zero-order chi connectivity index (χ0) is 12.0. The minimum Gasteiger partial charge on any atom is -0.464 e. The van der Waals surface area contributed by atoms with E-state index in [1.54, 1.807) is 6.07 Å². The highest BCUT2D eigenvalue weighted by Gasteiger charge is 2.04. The molecule has 0 saturated carbocycles. The van der Waals surface area contributed by atoms with Crippen molar-refractivity contribution in [2.45, 2.75) is 6.42 Å². The number of nitrogens with zero attached hydrogens (tertiary/aromatic N) is 1. The maximum Gasteiger partial charge on any atom is 0.356 e. The summed E-state index contributed by atoms with van der Waals surface area (Å²) in [4.78, 5) is 25.3. The summed E-state index contributed by atoms with van der Waals surface area (Å²) in [5.74, 6) is 4.29. The molecule has 0 aliphatic heterocycles. The number of aromatic nitrogens is 1. The van der Waals surface area contributed by atoms with Crippen LogP contribution in [0.15, 0.2) is 18.3 Å². The first-order valence-corrected chi connectivity index (χ1v) is 4.45. The number of carbonyl (C=O) groups is 2. The Labute approximate surface area is 92.6 Å². The van der Waals surface area contributed by atoms with Crippen LogP contribution in [0.2, 0.25) is 0 Å². The second-order valence-corrected chi connectivity index (χ2v) is 2.87. The molecule has 5 nitrogen and oxygen atoms in total. The van der Waals surface area contributed by atoms with Crippen molar-refractivity contribution in [1.29, 1.82) is 0 Å². The monoisotopic (exact) mass is 218 g/mol. The predicted octanol–water partition coefficient (Wildman–Crippen LogP) is 0.0951. The van der Waals surface area contributed by atoms with E-state index in [1.165, 1.54) is 19.4 Å². The van der Waals surface area contributed by atoms with Crippen molar-refractivity contribution < 1.29 is 14.3 Å². The summed E-state index contributed by atoms with van der Waals surface area (Å²) in [7, 11) is 1.28. The molecule has 0 spiro atoms. The topological polar surface area (TPSA) is 82.3 Å². The molecule has 0 atom stereocenters. The van der Waals surface area contributed by atoms with E-state index in [2.05, 4.69) is 21.6 Å². The van der Waals surface area contributed by atoms with Crippen LogP contribution in [-0.2, 0) is 9.53 Å². The number of ether oxygens (including phenoxy) is 1. The fourth-order valence-corrected chi connectivity index (χ4v) is 0.926. The molecule has 0 unspecified atom stereocenters. The summed E-state index contributed by atoms with van der Waals surface area (Å²) in [6.45, 7) is 0. The normalized spacial score (nSPS) is 8.81. The van der Waals surface area contributed by atoms with Crippen LogP contribution in [-0.4, -0.2) is 24.0 Å². The number of hydrogen-bond donors (Lipinski definition) is 1. The Bertz CT molecular complexity index is 454. The lowest BCUT2D eigenvalue weighted by Gasteiger charge is -1.96. The fourth-order valence-electron chi connectivity index (χ4n) is 0.926. The van der Waals surface area contributed by atoms with Crippen LogP contribution < -0.4 is 5.73 Å². The first kappa shape index (κ1) is 11.7. The number of amides is 1. The average molecular weight is 218 g/mol. The lowest BCUT2D eigenvalue weighted by Crippen LogP contribution is -2.08. The minimum atomic E-state index is -0.503. The third-order valence-corrected chi connectivity index (χ3v) is 1.65. The molecular weight excluding hydrogens is 208 g/mol. The number of rotatable bonds is 2.